The Bertz CT molecular complexity index is 666. The summed E-state index contributed by atoms with van der Waals surface area (Å²) < 4.78 is 0.970. The lowest BCUT2D eigenvalue weighted by Gasteiger charge is -2.08. The van der Waals surface area contributed by atoms with Gasteiger partial charge in [0.1, 0.15) is 5.69 Å². The molecule has 0 atom stereocenters. The largest absolute Gasteiger partial charge is 0.381 e. The third-order valence-electron chi connectivity index (χ3n) is 3.37. The second kappa shape index (κ2) is 5.85. The van der Waals surface area contributed by atoms with E-state index in [1.54, 1.807) is 12.3 Å². The average Bonchev–Trinajstić information content (AvgIpc) is 3.28. The minimum absolute atomic E-state index is 0.205. The van der Waals surface area contributed by atoms with E-state index in [2.05, 4.69) is 31.5 Å². The number of pyridine rings is 1. The second-order valence-corrected chi connectivity index (χ2v) is 6.12. The molecule has 108 valence electrons. The molecule has 4 nitrogen and oxygen atoms in total. The Labute approximate surface area is 132 Å². The minimum Gasteiger partial charge on any atom is -0.381 e. The molecule has 0 aliphatic heterocycles. The number of amides is 1. The van der Waals surface area contributed by atoms with Crippen molar-refractivity contribution in [2.45, 2.75) is 25.8 Å². The molecule has 0 unspecified atom stereocenters. The van der Waals surface area contributed by atoms with Crippen LogP contribution < -0.4 is 10.6 Å². The molecule has 0 saturated heterocycles. The van der Waals surface area contributed by atoms with E-state index < -0.39 is 0 Å². The van der Waals surface area contributed by atoms with Gasteiger partial charge in [0.25, 0.3) is 5.91 Å². The van der Waals surface area contributed by atoms with Crippen molar-refractivity contribution in [2.24, 2.45) is 0 Å². The second-order valence-electron chi connectivity index (χ2n) is 5.27. The Hall–Kier alpha value is -1.88. The van der Waals surface area contributed by atoms with Crippen LogP contribution >= 0.6 is 15.9 Å². The molecule has 2 aromatic rings. The van der Waals surface area contributed by atoms with Crippen LogP contribution in [0.25, 0.3) is 0 Å². The molecule has 21 heavy (non-hydrogen) atoms. The van der Waals surface area contributed by atoms with Crippen LogP contribution in [-0.2, 0) is 0 Å². The van der Waals surface area contributed by atoms with Crippen molar-refractivity contribution < 1.29 is 4.79 Å². The number of anilines is 2. The highest BCUT2D eigenvalue weighted by molar-refractivity contribution is 9.10. The molecule has 0 bridgehead atoms. The highest BCUT2D eigenvalue weighted by Gasteiger charge is 2.20. The molecule has 0 radical (unpaired) electrons. The first kappa shape index (κ1) is 14.1. The number of aryl methyl sites for hydroxylation is 1. The number of aromatic nitrogens is 1. The number of carbonyl (C=O) groups is 1. The monoisotopic (exact) mass is 345 g/mol. The number of nitrogens with zero attached hydrogens (tertiary/aromatic N) is 1. The van der Waals surface area contributed by atoms with Crippen LogP contribution in [0.15, 0.2) is 41.0 Å². The van der Waals surface area contributed by atoms with E-state index >= 15 is 0 Å². The summed E-state index contributed by atoms with van der Waals surface area (Å²) in [6.07, 6.45) is 4.13. The van der Waals surface area contributed by atoms with Crippen molar-refractivity contribution in [2.75, 3.05) is 10.6 Å². The van der Waals surface area contributed by atoms with Crippen LogP contribution in [0.5, 0.6) is 0 Å². The number of benzene rings is 1. The molecule has 0 spiro atoms. The summed E-state index contributed by atoms with van der Waals surface area (Å²) in [7, 11) is 0. The van der Waals surface area contributed by atoms with Crippen molar-refractivity contribution in [3.05, 3.63) is 52.3 Å². The number of hydrogen-bond acceptors (Lipinski definition) is 3. The summed E-state index contributed by atoms with van der Waals surface area (Å²) in [5, 5.41) is 6.19. The Morgan fingerprint density at radius 3 is 2.62 bits per heavy atom. The normalized spacial score (nSPS) is 13.8. The third kappa shape index (κ3) is 3.61. The predicted octanol–water partition coefficient (Wildman–Crippen LogP) is 3.98. The third-order valence-corrected chi connectivity index (χ3v) is 4.23. The van der Waals surface area contributed by atoms with E-state index in [-0.39, 0.29) is 5.91 Å². The van der Waals surface area contributed by atoms with Gasteiger partial charge in [-0.2, -0.15) is 0 Å². The number of hydrogen-bond donors (Lipinski definition) is 2. The number of halogens is 1. The zero-order valence-corrected chi connectivity index (χ0v) is 13.3. The molecular formula is C16H16BrN3O. The topological polar surface area (TPSA) is 54.0 Å². The Morgan fingerprint density at radius 1 is 1.24 bits per heavy atom. The van der Waals surface area contributed by atoms with Crippen LogP contribution in [0, 0.1) is 6.92 Å². The zero-order valence-electron chi connectivity index (χ0n) is 11.7. The van der Waals surface area contributed by atoms with E-state index in [1.165, 1.54) is 12.8 Å². The van der Waals surface area contributed by atoms with Gasteiger partial charge in [-0.3, -0.25) is 4.79 Å². The summed E-state index contributed by atoms with van der Waals surface area (Å²) in [5.74, 6) is -0.205. The highest BCUT2D eigenvalue weighted by atomic mass is 79.9. The van der Waals surface area contributed by atoms with E-state index in [4.69, 9.17) is 0 Å². The van der Waals surface area contributed by atoms with Crippen LogP contribution in [-0.4, -0.2) is 16.9 Å². The van der Waals surface area contributed by atoms with Crippen molar-refractivity contribution in [1.82, 2.24) is 4.98 Å². The minimum atomic E-state index is -0.205. The Morgan fingerprint density at radius 2 is 2.00 bits per heavy atom. The van der Waals surface area contributed by atoms with Gasteiger partial charge >= 0.3 is 0 Å². The van der Waals surface area contributed by atoms with Gasteiger partial charge in [0, 0.05) is 16.2 Å². The first-order chi connectivity index (χ1) is 10.1. The number of carbonyl (C=O) groups excluding carboxylic acids is 1. The number of nitrogens with one attached hydrogen (secondary N) is 2. The van der Waals surface area contributed by atoms with Crippen molar-refractivity contribution >= 4 is 33.2 Å². The fourth-order valence-electron chi connectivity index (χ4n) is 1.94. The van der Waals surface area contributed by atoms with Gasteiger partial charge in [-0.05, 0) is 49.6 Å². The van der Waals surface area contributed by atoms with Gasteiger partial charge in [0.2, 0.25) is 0 Å². The SMILES string of the molecule is Cc1ccc(NC(=O)c2ccc(NC3CC3)cn2)cc1Br. The van der Waals surface area contributed by atoms with Gasteiger partial charge in [-0.1, -0.05) is 22.0 Å². The lowest BCUT2D eigenvalue weighted by molar-refractivity contribution is 0.102. The molecule has 1 aromatic heterocycles. The molecule has 1 aromatic carbocycles. The molecule has 5 heteroatoms. The van der Waals surface area contributed by atoms with Gasteiger partial charge in [0.05, 0.1) is 11.9 Å². The Balaban J connectivity index is 1.67. The number of rotatable bonds is 4. The van der Waals surface area contributed by atoms with E-state index in [0.717, 1.165) is 21.4 Å². The molecule has 1 fully saturated rings. The summed E-state index contributed by atoms with van der Waals surface area (Å²) in [5.41, 5.74) is 3.25. The quantitative estimate of drug-likeness (QED) is 0.881. The maximum Gasteiger partial charge on any atom is 0.274 e. The molecule has 1 aliphatic rings. The van der Waals surface area contributed by atoms with E-state index in [0.29, 0.717) is 11.7 Å². The maximum atomic E-state index is 12.1. The average molecular weight is 346 g/mol. The molecule has 1 aliphatic carbocycles. The summed E-state index contributed by atoms with van der Waals surface area (Å²) >= 11 is 3.46. The first-order valence-electron chi connectivity index (χ1n) is 6.92. The van der Waals surface area contributed by atoms with Gasteiger partial charge in [-0.15, -0.1) is 0 Å². The molecule has 2 N–H and O–H groups in total. The van der Waals surface area contributed by atoms with Gasteiger partial charge in [-0.25, -0.2) is 4.98 Å². The van der Waals surface area contributed by atoms with Crippen LogP contribution in [0.2, 0.25) is 0 Å². The van der Waals surface area contributed by atoms with Gasteiger partial charge < -0.3 is 10.6 Å². The summed E-state index contributed by atoms with van der Waals surface area (Å²) in [4.78, 5) is 16.4. The van der Waals surface area contributed by atoms with Crippen LogP contribution in [0.4, 0.5) is 11.4 Å². The van der Waals surface area contributed by atoms with Crippen LogP contribution in [0.3, 0.4) is 0 Å². The fraction of sp³-hybridized carbons (Fsp3) is 0.250. The predicted molar refractivity (Wildman–Crippen MR) is 87.7 cm³/mol. The van der Waals surface area contributed by atoms with Crippen molar-refractivity contribution in [3.8, 4) is 0 Å². The molecular weight excluding hydrogens is 330 g/mol. The Kier molecular flexibility index (Phi) is 3.92. The summed E-state index contributed by atoms with van der Waals surface area (Å²) in [6.45, 7) is 2.00. The van der Waals surface area contributed by atoms with Crippen LogP contribution in [0.1, 0.15) is 28.9 Å². The zero-order chi connectivity index (χ0) is 14.8. The summed E-state index contributed by atoms with van der Waals surface area (Å²) in [6, 6.07) is 9.93. The highest BCUT2D eigenvalue weighted by Crippen LogP contribution is 2.24. The lowest BCUT2D eigenvalue weighted by Crippen LogP contribution is -2.14. The smallest absolute Gasteiger partial charge is 0.274 e. The molecule has 1 saturated carbocycles. The fourth-order valence-corrected chi connectivity index (χ4v) is 2.32. The molecule has 3 rings (SSSR count). The van der Waals surface area contributed by atoms with Crippen molar-refractivity contribution in [1.29, 1.82) is 0 Å². The first-order valence-corrected chi connectivity index (χ1v) is 7.71. The van der Waals surface area contributed by atoms with Crippen molar-refractivity contribution in [3.63, 3.8) is 0 Å². The van der Waals surface area contributed by atoms with E-state index in [9.17, 15) is 4.79 Å². The van der Waals surface area contributed by atoms with Gasteiger partial charge in [0.15, 0.2) is 0 Å². The standard InChI is InChI=1S/C16H16BrN3O/c1-10-2-3-12(8-14(10)17)20-16(21)15-7-6-13(9-18-15)19-11-4-5-11/h2-3,6-9,11,19H,4-5H2,1H3,(H,20,21). The maximum absolute atomic E-state index is 12.1. The van der Waals surface area contributed by atoms with E-state index in [1.807, 2.05) is 31.2 Å². The molecule has 1 amide bonds. The lowest BCUT2D eigenvalue weighted by atomic mass is 10.2. The molecule has 1 heterocycles.